The number of carbonyl (C=O) groups is 2. The zero-order valence-electron chi connectivity index (χ0n) is 13.1. The molecule has 0 radical (unpaired) electrons. The Morgan fingerprint density at radius 1 is 1.08 bits per heavy atom. The smallest absolute Gasteiger partial charge is 0.226 e. The molecule has 0 spiro atoms. The monoisotopic (exact) mass is 395 g/mol. The molecule has 4 rings (SSSR count). The Kier molecular flexibility index (Phi) is 3.97. The molecule has 124 valence electrons. The standard InChI is InChI=1S/C19H14BrN3O2/c20-13-8-6-12(7-9-13)18(25)14-10-15(24)21-19-16(14)17(22-23-19)11-4-2-1-3-5-11/h1-9,14H,10H2,(H2,21,22,23,24). The van der Waals surface area contributed by atoms with Crippen molar-refractivity contribution in [3.8, 4) is 11.3 Å². The molecule has 2 heterocycles. The number of nitrogens with zero attached hydrogens (tertiary/aromatic N) is 1. The molecule has 1 amide bonds. The normalized spacial score (nSPS) is 16.2. The molecule has 1 aromatic heterocycles. The van der Waals surface area contributed by atoms with Crippen molar-refractivity contribution >= 4 is 33.4 Å². The molecule has 2 N–H and O–H groups in total. The summed E-state index contributed by atoms with van der Waals surface area (Å²) < 4.78 is 0.902. The maximum absolute atomic E-state index is 13.1. The van der Waals surface area contributed by atoms with Crippen LogP contribution in [-0.2, 0) is 4.79 Å². The van der Waals surface area contributed by atoms with E-state index >= 15 is 0 Å². The first-order valence-corrected chi connectivity index (χ1v) is 8.66. The number of carbonyl (C=O) groups excluding carboxylic acids is 2. The van der Waals surface area contributed by atoms with Gasteiger partial charge in [-0.2, -0.15) is 5.10 Å². The molecule has 6 heteroatoms. The number of nitrogens with one attached hydrogen (secondary N) is 2. The SMILES string of the molecule is O=C1CC(C(=O)c2ccc(Br)cc2)c2c(n[nH]c2-c2ccccc2)N1. The zero-order chi connectivity index (χ0) is 17.4. The van der Waals surface area contributed by atoms with Crippen LogP contribution in [0.25, 0.3) is 11.3 Å². The Labute approximate surface area is 152 Å². The molecule has 1 aliphatic heterocycles. The number of anilines is 1. The highest BCUT2D eigenvalue weighted by molar-refractivity contribution is 9.10. The van der Waals surface area contributed by atoms with E-state index in [1.807, 2.05) is 42.5 Å². The van der Waals surface area contributed by atoms with Gasteiger partial charge in [0.1, 0.15) is 0 Å². The second-order valence-electron chi connectivity index (χ2n) is 5.90. The van der Waals surface area contributed by atoms with E-state index in [1.54, 1.807) is 12.1 Å². The molecule has 3 aromatic rings. The third-order valence-corrected chi connectivity index (χ3v) is 4.84. The average Bonchev–Trinajstić information content (AvgIpc) is 3.05. The van der Waals surface area contributed by atoms with E-state index in [2.05, 4.69) is 31.4 Å². The van der Waals surface area contributed by atoms with E-state index < -0.39 is 5.92 Å². The van der Waals surface area contributed by atoms with Gasteiger partial charge in [0.15, 0.2) is 11.6 Å². The molecule has 0 saturated carbocycles. The van der Waals surface area contributed by atoms with Gasteiger partial charge in [-0.15, -0.1) is 0 Å². The van der Waals surface area contributed by atoms with Crippen molar-refractivity contribution in [2.75, 3.05) is 5.32 Å². The molecule has 0 fully saturated rings. The summed E-state index contributed by atoms with van der Waals surface area (Å²) in [6, 6.07) is 16.9. The summed E-state index contributed by atoms with van der Waals surface area (Å²) in [5.41, 5.74) is 3.03. The van der Waals surface area contributed by atoms with E-state index in [9.17, 15) is 9.59 Å². The summed E-state index contributed by atoms with van der Waals surface area (Å²) in [5.74, 6) is -0.402. The summed E-state index contributed by atoms with van der Waals surface area (Å²) in [5, 5.41) is 9.94. The second kappa shape index (κ2) is 6.29. The number of halogens is 1. The molecule has 0 bridgehead atoms. The first-order valence-electron chi connectivity index (χ1n) is 7.87. The number of hydrogen-bond acceptors (Lipinski definition) is 3. The Hall–Kier alpha value is -2.73. The van der Waals surface area contributed by atoms with Gasteiger partial charge in [-0.1, -0.05) is 58.4 Å². The third kappa shape index (κ3) is 2.89. The number of rotatable bonds is 3. The number of Topliss-reactive ketones (excluding diaryl/α,β-unsaturated/α-hetero) is 1. The molecule has 2 aromatic carbocycles. The minimum absolute atomic E-state index is 0.0813. The first kappa shape index (κ1) is 15.8. The summed E-state index contributed by atoms with van der Waals surface area (Å²) >= 11 is 3.37. The van der Waals surface area contributed by atoms with Crippen LogP contribution in [-0.4, -0.2) is 21.9 Å². The van der Waals surface area contributed by atoms with Crippen LogP contribution in [0.15, 0.2) is 59.1 Å². The number of fused-ring (bicyclic) bond motifs is 1. The van der Waals surface area contributed by atoms with Crippen LogP contribution >= 0.6 is 15.9 Å². The summed E-state index contributed by atoms with van der Waals surface area (Å²) in [6.45, 7) is 0. The van der Waals surface area contributed by atoms with Crippen LogP contribution in [0, 0.1) is 0 Å². The van der Waals surface area contributed by atoms with Crippen molar-refractivity contribution in [3.05, 3.63) is 70.2 Å². The molecule has 1 aliphatic rings. The van der Waals surface area contributed by atoms with Crippen molar-refractivity contribution in [2.45, 2.75) is 12.3 Å². The fourth-order valence-corrected chi connectivity index (χ4v) is 3.38. The molecule has 0 aliphatic carbocycles. The highest BCUT2D eigenvalue weighted by Crippen LogP contribution is 2.39. The predicted octanol–water partition coefficient (Wildman–Crippen LogP) is 4.15. The van der Waals surface area contributed by atoms with Gasteiger partial charge >= 0.3 is 0 Å². The van der Waals surface area contributed by atoms with Gasteiger partial charge < -0.3 is 5.32 Å². The number of H-pyrrole nitrogens is 1. The molecule has 0 saturated heterocycles. The van der Waals surface area contributed by atoms with E-state index in [4.69, 9.17) is 0 Å². The highest BCUT2D eigenvalue weighted by Gasteiger charge is 2.35. The molecule has 25 heavy (non-hydrogen) atoms. The minimum Gasteiger partial charge on any atom is -0.309 e. The number of aromatic amines is 1. The lowest BCUT2D eigenvalue weighted by Gasteiger charge is -2.22. The minimum atomic E-state index is -0.557. The summed E-state index contributed by atoms with van der Waals surface area (Å²) in [4.78, 5) is 25.1. The number of amides is 1. The van der Waals surface area contributed by atoms with Gasteiger partial charge in [-0.05, 0) is 17.7 Å². The Morgan fingerprint density at radius 2 is 1.80 bits per heavy atom. The fourth-order valence-electron chi connectivity index (χ4n) is 3.12. The quantitative estimate of drug-likeness (QED) is 0.654. The summed E-state index contributed by atoms with van der Waals surface area (Å²) in [6.07, 6.45) is 0.112. The van der Waals surface area contributed by atoms with Gasteiger partial charge in [0.25, 0.3) is 0 Å². The average molecular weight is 396 g/mol. The van der Waals surface area contributed by atoms with Gasteiger partial charge in [-0.3, -0.25) is 14.7 Å². The largest absolute Gasteiger partial charge is 0.309 e. The Balaban J connectivity index is 1.81. The van der Waals surface area contributed by atoms with Crippen LogP contribution < -0.4 is 5.32 Å². The molecule has 5 nitrogen and oxygen atoms in total. The lowest BCUT2D eigenvalue weighted by Crippen LogP contribution is -2.27. The Morgan fingerprint density at radius 3 is 2.52 bits per heavy atom. The van der Waals surface area contributed by atoms with Crippen LogP contribution in [0.5, 0.6) is 0 Å². The van der Waals surface area contributed by atoms with Crippen LogP contribution in [0.2, 0.25) is 0 Å². The maximum atomic E-state index is 13.1. The molecular weight excluding hydrogens is 382 g/mol. The van der Waals surface area contributed by atoms with Crippen molar-refractivity contribution in [3.63, 3.8) is 0 Å². The maximum Gasteiger partial charge on any atom is 0.226 e. The molecule has 1 unspecified atom stereocenters. The van der Waals surface area contributed by atoms with Crippen molar-refractivity contribution in [2.24, 2.45) is 0 Å². The van der Waals surface area contributed by atoms with Gasteiger partial charge in [-0.25, -0.2) is 0 Å². The number of ketones is 1. The van der Waals surface area contributed by atoms with Crippen LogP contribution in [0.3, 0.4) is 0 Å². The van der Waals surface area contributed by atoms with E-state index in [-0.39, 0.29) is 18.1 Å². The lowest BCUT2D eigenvalue weighted by molar-refractivity contribution is -0.116. The van der Waals surface area contributed by atoms with Gasteiger partial charge in [0.05, 0.1) is 11.6 Å². The first-order chi connectivity index (χ1) is 12.1. The van der Waals surface area contributed by atoms with Crippen molar-refractivity contribution < 1.29 is 9.59 Å². The Bertz CT molecular complexity index is 949. The zero-order valence-corrected chi connectivity index (χ0v) is 14.7. The third-order valence-electron chi connectivity index (χ3n) is 4.31. The fraction of sp³-hybridized carbons (Fsp3) is 0.105. The summed E-state index contributed by atoms with van der Waals surface area (Å²) in [7, 11) is 0. The van der Waals surface area contributed by atoms with Gasteiger partial charge in [0, 0.05) is 22.0 Å². The van der Waals surface area contributed by atoms with Crippen molar-refractivity contribution in [1.82, 2.24) is 10.2 Å². The predicted molar refractivity (Wildman–Crippen MR) is 98.5 cm³/mol. The van der Waals surface area contributed by atoms with Crippen LogP contribution in [0.4, 0.5) is 5.82 Å². The van der Waals surface area contributed by atoms with Crippen molar-refractivity contribution in [1.29, 1.82) is 0 Å². The molecule has 1 atom stereocenters. The number of benzene rings is 2. The lowest BCUT2D eigenvalue weighted by atomic mass is 9.84. The van der Waals surface area contributed by atoms with Crippen LogP contribution in [0.1, 0.15) is 28.3 Å². The van der Waals surface area contributed by atoms with E-state index in [0.29, 0.717) is 11.4 Å². The highest BCUT2D eigenvalue weighted by atomic mass is 79.9. The topological polar surface area (TPSA) is 74.8 Å². The number of aromatic nitrogens is 2. The number of hydrogen-bond donors (Lipinski definition) is 2. The van der Waals surface area contributed by atoms with E-state index in [0.717, 1.165) is 21.3 Å². The molecular formula is C19H14BrN3O2. The van der Waals surface area contributed by atoms with E-state index in [1.165, 1.54) is 0 Å². The van der Waals surface area contributed by atoms with Gasteiger partial charge in [0.2, 0.25) is 5.91 Å². The second-order valence-corrected chi connectivity index (χ2v) is 6.82.